The van der Waals surface area contributed by atoms with Gasteiger partial charge in [-0.05, 0) is 42.3 Å². The summed E-state index contributed by atoms with van der Waals surface area (Å²) in [6.07, 6.45) is 3.69. The summed E-state index contributed by atoms with van der Waals surface area (Å²) in [5.74, 6) is 0.622. The zero-order valence-corrected chi connectivity index (χ0v) is 18.2. The van der Waals surface area contributed by atoms with Gasteiger partial charge in [-0.15, -0.1) is 0 Å². The maximum atomic E-state index is 12.5. The Bertz CT molecular complexity index is 1300. The van der Waals surface area contributed by atoms with E-state index in [2.05, 4.69) is 40.3 Å². The Hall–Kier alpha value is -4.32. The van der Waals surface area contributed by atoms with Crippen molar-refractivity contribution in [2.24, 2.45) is 0 Å². The fraction of sp³-hybridized carbons (Fsp3) is 0.0952. The molecule has 0 radical (unpaired) electrons. The number of sulfonamides is 1. The number of rotatable bonds is 9. The highest BCUT2D eigenvalue weighted by molar-refractivity contribution is 7.92. The Kier molecular flexibility index (Phi) is 6.55. The minimum absolute atomic E-state index is 0.00680. The van der Waals surface area contributed by atoms with Gasteiger partial charge in [-0.25, -0.2) is 23.1 Å². The molecule has 2 aromatic heterocycles. The van der Waals surface area contributed by atoms with Crippen LogP contribution in [-0.4, -0.2) is 39.9 Å². The number of nitrogens with two attached hydrogens (primary N) is 1. The lowest BCUT2D eigenvalue weighted by Crippen LogP contribution is -2.14. The molecule has 0 fully saturated rings. The lowest BCUT2D eigenvalue weighted by atomic mass is 10.1. The van der Waals surface area contributed by atoms with Crippen molar-refractivity contribution in [1.29, 1.82) is 0 Å². The lowest BCUT2D eigenvalue weighted by Gasteiger charge is -2.10. The topological polar surface area (TPSA) is 161 Å². The van der Waals surface area contributed by atoms with Gasteiger partial charge in [0, 0.05) is 24.6 Å². The van der Waals surface area contributed by atoms with Crippen LogP contribution in [0.5, 0.6) is 0 Å². The fourth-order valence-corrected chi connectivity index (χ4v) is 3.83. The third-order valence-electron chi connectivity index (χ3n) is 4.40. The molecule has 2 aromatic carbocycles. The second kappa shape index (κ2) is 9.87. The lowest BCUT2D eigenvalue weighted by molar-refractivity contribution is 0.601. The molecule has 5 N–H and O–H groups in total. The highest BCUT2D eigenvalue weighted by atomic mass is 32.2. The third kappa shape index (κ3) is 6.11. The summed E-state index contributed by atoms with van der Waals surface area (Å²) in [6.45, 7) is 0.623. The van der Waals surface area contributed by atoms with E-state index in [-0.39, 0.29) is 22.7 Å². The molecule has 11 nitrogen and oxygen atoms in total. The van der Waals surface area contributed by atoms with Crippen LogP contribution in [0.15, 0.2) is 78.0 Å². The van der Waals surface area contributed by atoms with E-state index in [0.717, 1.165) is 6.42 Å². The monoisotopic (exact) mass is 463 g/mol. The molecule has 0 amide bonds. The first-order valence-electron chi connectivity index (χ1n) is 9.94. The van der Waals surface area contributed by atoms with Crippen molar-refractivity contribution >= 4 is 39.5 Å². The van der Waals surface area contributed by atoms with Gasteiger partial charge < -0.3 is 16.4 Å². The Morgan fingerprint density at radius 1 is 0.788 bits per heavy atom. The molecule has 0 aliphatic heterocycles. The predicted molar refractivity (Wildman–Crippen MR) is 125 cm³/mol. The van der Waals surface area contributed by atoms with E-state index in [4.69, 9.17) is 5.73 Å². The first kappa shape index (κ1) is 21.9. The van der Waals surface area contributed by atoms with E-state index in [1.807, 2.05) is 30.3 Å². The molecule has 0 aliphatic carbocycles. The van der Waals surface area contributed by atoms with Crippen molar-refractivity contribution in [3.63, 3.8) is 0 Å². The maximum Gasteiger partial charge on any atom is 0.264 e. The molecule has 2 heterocycles. The highest BCUT2D eigenvalue weighted by Crippen LogP contribution is 2.19. The SMILES string of the molecule is Nc1nc(NCCc2ccccc2)nc(Nc2ccc(S(=O)(=O)Nc3ncccn3)cc2)n1. The normalized spacial score (nSPS) is 11.0. The number of nitrogens with zero attached hydrogens (tertiary/aromatic N) is 5. The molecule has 4 aromatic rings. The quantitative estimate of drug-likeness (QED) is 0.290. The number of hydrogen-bond acceptors (Lipinski definition) is 10. The molecule has 33 heavy (non-hydrogen) atoms. The zero-order chi connectivity index (χ0) is 23.1. The van der Waals surface area contributed by atoms with Gasteiger partial charge in [-0.2, -0.15) is 15.0 Å². The van der Waals surface area contributed by atoms with E-state index in [9.17, 15) is 8.42 Å². The number of hydrogen-bond donors (Lipinski definition) is 4. The Morgan fingerprint density at radius 2 is 1.48 bits per heavy atom. The van der Waals surface area contributed by atoms with Crippen LogP contribution < -0.4 is 21.1 Å². The molecule has 0 aliphatic rings. The molecule has 0 spiro atoms. The van der Waals surface area contributed by atoms with Crippen molar-refractivity contribution in [3.05, 3.63) is 78.6 Å². The van der Waals surface area contributed by atoms with Crippen LogP contribution in [0.2, 0.25) is 0 Å². The summed E-state index contributed by atoms with van der Waals surface area (Å²) in [5, 5.41) is 6.13. The minimum atomic E-state index is -3.82. The summed E-state index contributed by atoms with van der Waals surface area (Å²) < 4.78 is 27.3. The molecule has 0 atom stereocenters. The molecular formula is C21H21N9O2S. The molecule has 0 unspecified atom stereocenters. The minimum Gasteiger partial charge on any atom is -0.368 e. The van der Waals surface area contributed by atoms with Crippen LogP contribution in [0.25, 0.3) is 0 Å². The second-order valence-corrected chi connectivity index (χ2v) is 8.51. The number of benzene rings is 2. The summed E-state index contributed by atoms with van der Waals surface area (Å²) in [5.41, 5.74) is 7.57. The number of nitrogen functional groups attached to an aromatic ring is 1. The average molecular weight is 464 g/mol. The molecule has 4 rings (SSSR count). The van der Waals surface area contributed by atoms with E-state index >= 15 is 0 Å². The van der Waals surface area contributed by atoms with Gasteiger partial charge in [0.15, 0.2) is 0 Å². The largest absolute Gasteiger partial charge is 0.368 e. The van der Waals surface area contributed by atoms with Crippen molar-refractivity contribution in [3.8, 4) is 0 Å². The second-order valence-electron chi connectivity index (χ2n) is 6.83. The number of nitrogens with one attached hydrogen (secondary N) is 3. The first-order chi connectivity index (χ1) is 16.0. The molecule has 12 heteroatoms. The zero-order valence-electron chi connectivity index (χ0n) is 17.4. The van der Waals surface area contributed by atoms with Gasteiger partial charge in [0.25, 0.3) is 10.0 Å². The first-order valence-corrected chi connectivity index (χ1v) is 11.4. The Labute approximate surface area is 190 Å². The standard InChI is InChI=1S/C21H21N9O2S/c22-18-27-20(25-14-11-15-5-2-1-3-6-15)29-21(28-18)26-16-7-9-17(10-8-16)33(31,32)30-19-23-12-4-13-24-19/h1-10,12-13H,11,14H2,(H,23,24,30)(H4,22,25,26,27,28,29). The van der Waals surface area contributed by atoms with E-state index in [0.29, 0.717) is 18.2 Å². The van der Waals surface area contributed by atoms with Crippen molar-refractivity contribution in [2.45, 2.75) is 11.3 Å². The Morgan fingerprint density at radius 3 is 2.21 bits per heavy atom. The Balaban J connectivity index is 1.40. The molecule has 168 valence electrons. The summed E-state index contributed by atoms with van der Waals surface area (Å²) in [6, 6.07) is 17.7. The molecule has 0 saturated heterocycles. The molecular weight excluding hydrogens is 442 g/mol. The van der Waals surface area contributed by atoms with E-state index in [1.54, 1.807) is 18.2 Å². The van der Waals surface area contributed by atoms with E-state index < -0.39 is 10.0 Å². The summed E-state index contributed by atoms with van der Waals surface area (Å²) in [4.78, 5) is 20.3. The van der Waals surface area contributed by atoms with Gasteiger partial charge in [0.1, 0.15) is 0 Å². The smallest absolute Gasteiger partial charge is 0.264 e. The van der Waals surface area contributed by atoms with Gasteiger partial charge in [0.05, 0.1) is 4.90 Å². The number of anilines is 5. The average Bonchev–Trinajstić information content (AvgIpc) is 2.80. The van der Waals surface area contributed by atoms with Crippen molar-refractivity contribution in [2.75, 3.05) is 27.6 Å². The van der Waals surface area contributed by atoms with Crippen LogP contribution in [-0.2, 0) is 16.4 Å². The van der Waals surface area contributed by atoms with Crippen LogP contribution in [0.1, 0.15) is 5.56 Å². The molecule has 0 bridgehead atoms. The van der Waals surface area contributed by atoms with E-state index in [1.165, 1.54) is 30.1 Å². The van der Waals surface area contributed by atoms with Crippen molar-refractivity contribution < 1.29 is 8.42 Å². The van der Waals surface area contributed by atoms with Crippen LogP contribution in [0, 0.1) is 0 Å². The number of aromatic nitrogens is 5. The van der Waals surface area contributed by atoms with Crippen molar-refractivity contribution in [1.82, 2.24) is 24.9 Å². The predicted octanol–water partition coefficient (Wildman–Crippen LogP) is 2.44. The third-order valence-corrected chi connectivity index (χ3v) is 5.75. The van der Waals surface area contributed by atoms with Gasteiger partial charge >= 0.3 is 0 Å². The maximum absolute atomic E-state index is 12.5. The summed E-state index contributed by atoms with van der Waals surface area (Å²) >= 11 is 0. The van der Waals surface area contributed by atoms with Crippen LogP contribution >= 0.6 is 0 Å². The van der Waals surface area contributed by atoms with Crippen LogP contribution in [0.4, 0.5) is 29.5 Å². The fourth-order valence-electron chi connectivity index (χ4n) is 2.87. The van der Waals surface area contributed by atoms with Gasteiger partial charge in [-0.3, -0.25) is 0 Å². The summed E-state index contributed by atoms with van der Waals surface area (Å²) in [7, 11) is -3.82. The highest BCUT2D eigenvalue weighted by Gasteiger charge is 2.15. The molecule has 0 saturated carbocycles. The van der Waals surface area contributed by atoms with Gasteiger partial charge in [-0.1, -0.05) is 30.3 Å². The van der Waals surface area contributed by atoms with Crippen LogP contribution in [0.3, 0.4) is 0 Å². The van der Waals surface area contributed by atoms with Gasteiger partial charge in [0.2, 0.25) is 23.8 Å².